The van der Waals surface area contributed by atoms with Gasteiger partial charge in [-0.1, -0.05) is 63.3 Å². The standard InChI is InChI=1S/C36H51N3O7/c1-8-10-16-27(41)45-22-25(24-14-12-11-13-15-24)37-31(42)28-26-17-18-36(46-26)29(28)32(43)38(20-21-40)30(36)33(44)39(19-9-2)35(6,7)23-34(3,4)5/h8-9,11-15,25-26,28-30,40H,1-2,10,16-23H2,3-7H3,(H,37,42)/t25-,26+,28-,29-,30+,36-/m0/s1. The van der Waals surface area contributed by atoms with Crippen LogP contribution < -0.4 is 5.32 Å². The van der Waals surface area contributed by atoms with Crippen LogP contribution in [0.2, 0.25) is 0 Å². The van der Waals surface area contributed by atoms with Gasteiger partial charge in [0.1, 0.15) is 18.2 Å². The highest BCUT2D eigenvalue weighted by Crippen LogP contribution is 2.59. The van der Waals surface area contributed by atoms with Crippen LogP contribution in [0.3, 0.4) is 0 Å². The first kappa shape index (κ1) is 35.4. The molecule has 0 aliphatic carbocycles. The quantitative estimate of drug-likeness (QED) is 0.220. The molecular formula is C36H51N3O7. The highest BCUT2D eigenvalue weighted by Gasteiger charge is 2.74. The highest BCUT2D eigenvalue weighted by molar-refractivity contribution is 5.99. The van der Waals surface area contributed by atoms with Gasteiger partial charge in [-0.2, -0.15) is 0 Å². The van der Waals surface area contributed by atoms with Gasteiger partial charge in [0.15, 0.2) is 0 Å². The Morgan fingerprint density at radius 2 is 1.87 bits per heavy atom. The maximum atomic E-state index is 14.7. The second-order valence-corrected chi connectivity index (χ2v) is 14.6. The number of benzene rings is 1. The normalized spacial score (nSPS) is 26.0. The Balaban J connectivity index is 1.64. The first-order valence-corrected chi connectivity index (χ1v) is 16.3. The van der Waals surface area contributed by atoms with Crippen LogP contribution in [0.15, 0.2) is 55.6 Å². The zero-order valence-electron chi connectivity index (χ0n) is 28.0. The van der Waals surface area contributed by atoms with Crippen LogP contribution in [-0.4, -0.2) is 88.2 Å². The molecule has 0 unspecified atom stereocenters. The lowest BCUT2D eigenvalue weighted by Gasteiger charge is -2.45. The molecule has 3 amide bonds. The summed E-state index contributed by atoms with van der Waals surface area (Å²) in [5, 5.41) is 13.0. The van der Waals surface area contributed by atoms with E-state index in [1.54, 1.807) is 17.1 Å². The molecule has 0 saturated carbocycles. The summed E-state index contributed by atoms with van der Waals surface area (Å²) in [7, 11) is 0. The molecule has 10 nitrogen and oxygen atoms in total. The molecule has 2 bridgehead atoms. The van der Waals surface area contributed by atoms with Crippen LogP contribution in [0.25, 0.3) is 0 Å². The van der Waals surface area contributed by atoms with Crippen molar-refractivity contribution in [3.8, 4) is 0 Å². The van der Waals surface area contributed by atoms with E-state index >= 15 is 0 Å². The van der Waals surface area contributed by atoms with Crippen molar-refractivity contribution in [2.24, 2.45) is 17.3 Å². The number of aliphatic hydroxyl groups excluding tert-OH is 1. The first-order valence-electron chi connectivity index (χ1n) is 16.3. The maximum Gasteiger partial charge on any atom is 0.306 e. The summed E-state index contributed by atoms with van der Waals surface area (Å²) in [5.41, 5.74) is -1.11. The minimum Gasteiger partial charge on any atom is -0.463 e. The van der Waals surface area contributed by atoms with Gasteiger partial charge in [-0.25, -0.2) is 0 Å². The van der Waals surface area contributed by atoms with Gasteiger partial charge in [0.05, 0.1) is 30.6 Å². The number of nitrogens with zero attached hydrogens (tertiary/aromatic N) is 2. The van der Waals surface area contributed by atoms with Crippen LogP contribution in [0, 0.1) is 17.3 Å². The van der Waals surface area contributed by atoms with Crippen LogP contribution in [0.1, 0.15) is 78.3 Å². The molecule has 2 N–H and O–H groups in total. The summed E-state index contributed by atoms with van der Waals surface area (Å²) < 4.78 is 12.1. The van der Waals surface area contributed by atoms with Crippen LogP contribution in [-0.2, 0) is 28.7 Å². The number of carbonyl (C=O) groups is 4. The molecule has 46 heavy (non-hydrogen) atoms. The lowest BCUT2D eigenvalue weighted by atomic mass is 9.70. The van der Waals surface area contributed by atoms with Crippen molar-refractivity contribution < 1.29 is 33.8 Å². The van der Waals surface area contributed by atoms with E-state index in [0.29, 0.717) is 25.7 Å². The van der Waals surface area contributed by atoms with E-state index in [0.717, 1.165) is 5.56 Å². The number of hydrogen-bond donors (Lipinski definition) is 2. The molecule has 1 spiro atoms. The number of rotatable bonds is 15. The van der Waals surface area contributed by atoms with E-state index < -0.39 is 53.0 Å². The van der Waals surface area contributed by atoms with Crippen molar-refractivity contribution in [1.82, 2.24) is 15.1 Å². The van der Waals surface area contributed by atoms with Crippen molar-refractivity contribution in [2.45, 2.75) is 96.1 Å². The number of nitrogens with one attached hydrogen (secondary N) is 1. The van der Waals surface area contributed by atoms with E-state index in [1.165, 1.54) is 4.90 Å². The number of β-amino-alcohol motifs (C(OH)–C–C–N with tert-alkyl or cyclic N) is 1. The summed E-state index contributed by atoms with van der Waals surface area (Å²) in [6.45, 7) is 17.7. The minimum atomic E-state index is -1.20. The summed E-state index contributed by atoms with van der Waals surface area (Å²) >= 11 is 0. The third kappa shape index (κ3) is 7.08. The Morgan fingerprint density at radius 3 is 2.48 bits per heavy atom. The summed E-state index contributed by atoms with van der Waals surface area (Å²) in [5.74, 6) is -3.17. The van der Waals surface area contributed by atoms with Gasteiger partial charge in [0.25, 0.3) is 0 Å². The monoisotopic (exact) mass is 637 g/mol. The molecule has 1 aromatic rings. The van der Waals surface area contributed by atoms with Crippen LogP contribution >= 0.6 is 0 Å². The van der Waals surface area contributed by atoms with E-state index in [4.69, 9.17) is 9.47 Å². The highest BCUT2D eigenvalue weighted by atomic mass is 16.5. The molecule has 1 aromatic carbocycles. The Hall–Kier alpha value is -3.50. The van der Waals surface area contributed by atoms with E-state index in [-0.39, 0.29) is 50.0 Å². The zero-order chi connectivity index (χ0) is 33.9. The molecular weight excluding hydrogens is 586 g/mol. The van der Waals surface area contributed by atoms with Gasteiger partial charge < -0.3 is 29.7 Å². The van der Waals surface area contributed by atoms with Crippen molar-refractivity contribution >= 4 is 23.7 Å². The van der Waals surface area contributed by atoms with Crippen LogP contribution in [0.4, 0.5) is 0 Å². The molecule has 3 saturated heterocycles. The number of amides is 3. The van der Waals surface area contributed by atoms with Gasteiger partial charge in [0, 0.05) is 25.0 Å². The van der Waals surface area contributed by atoms with E-state index in [2.05, 4.69) is 39.2 Å². The van der Waals surface area contributed by atoms with Crippen molar-refractivity contribution in [3.63, 3.8) is 0 Å². The summed E-state index contributed by atoms with van der Waals surface area (Å²) in [4.78, 5) is 58.5. The number of hydrogen-bond acceptors (Lipinski definition) is 7. The topological polar surface area (TPSA) is 125 Å². The zero-order valence-corrected chi connectivity index (χ0v) is 28.0. The number of ether oxygens (including phenoxy) is 2. The third-order valence-electron chi connectivity index (χ3n) is 9.43. The lowest BCUT2D eigenvalue weighted by molar-refractivity contribution is -0.153. The Kier molecular flexibility index (Phi) is 10.8. The molecule has 3 aliphatic heterocycles. The Morgan fingerprint density at radius 1 is 1.17 bits per heavy atom. The lowest BCUT2D eigenvalue weighted by Crippen LogP contribution is -2.61. The second kappa shape index (κ2) is 14.1. The summed E-state index contributed by atoms with van der Waals surface area (Å²) in [6.07, 6.45) is 5.09. The van der Waals surface area contributed by atoms with Gasteiger partial charge in [-0.05, 0) is 50.5 Å². The van der Waals surface area contributed by atoms with Crippen molar-refractivity contribution in [3.05, 3.63) is 61.2 Å². The smallest absolute Gasteiger partial charge is 0.306 e. The SMILES string of the molecule is C=CCCC(=O)OC[C@H](NC(=O)[C@@H]1[C@H]2C(=O)N(CCO)[C@H](C(=O)N(CC=C)C(C)(C)CC(C)(C)C)[C@]23CC[C@H]1O3)c1ccccc1. The molecule has 0 radical (unpaired) electrons. The molecule has 6 atom stereocenters. The molecule has 0 aromatic heterocycles. The Bertz CT molecular complexity index is 1310. The van der Waals surface area contributed by atoms with Gasteiger partial charge >= 0.3 is 5.97 Å². The largest absolute Gasteiger partial charge is 0.463 e. The number of esters is 1. The fourth-order valence-electron chi connectivity index (χ4n) is 8.03. The maximum absolute atomic E-state index is 14.7. The fourth-order valence-corrected chi connectivity index (χ4v) is 8.03. The molecule has 252 valence electrons. The van der Waals surface area contributed by atoms with E-state index in [1.807, 2.05) is 44.2 Å². The first-order chi connectivity index (χ1) is 21.7. The third-order valence-corrected chi connectivity index (χ3v) is 9.43. The number of carbonyl (C=O) groups excluding carboxylic acids is 4. The second-order valence-electron chi connectivity index (χ2n) is 14.6. The number of allylic oxidation sites excluding steroid dienone is 1. The van der Waals surface area contributed by atoms with Gasteiger partial charge in [-0.3, -0.25) is 19.2 Å². The molecule has 3 aliphatic rings. The number of aliphatic hydroxyl groups is 1. The number of likely N-dealkylation sites (tertiary alicyclic amines) is 1. The number of fused-ring (bicyclic) bond motifs is 1. The summed E-state index contributed by atoms with van der Waals surface area (Å²) in [6, 6.07) is 7.57. The minimum absolute atomic E-state index is 0.0508. The molecule has 4 rings (SSSR count). The van der Waals surface area contributed by atoms with Gasteiger partial charge in [-0.15, -0.1) is 13.2 Å². The average molecular weight is 638 g/mol. The molecule has 3 heterocycles. The Labute approximate surface area is 273 Å². The molecule has 3 fully saturated rings. The predicted molar refractivity (Wildman–Crippen MR) is 174 cm³/mol. The average Bonchev–Trinajstić information content (AvgIpc) is 3.63. The van der Waals surface area contributed by atoms with Crippen LogP contribution in [0.5, 0.6) is 0 Å². The predicted octanol–water partition coefficient (Wildman–Crippen LogP) is 3.95. The molecule has 10 heteroatoms. The van der Waals surface area contributed by atoms with Crippen molar-refractivity contribution in [1.29, 1.82) is 0 Å². The van der Waals surface area contributed by atoms with Gasteiger partial charge in [0.2, 0.25) is 17.7 Å². The van der Waals surface area contributed by atoms with Crippen molar-refractivity contribution in [2.75, 3.05) is 26.3 Å². The van der Waals surface area contributed by atoms with E-state index in [9.17, 15) is 24.3 Å². The fraction of sp³-hybridized carbons (Fsp3) is 0.611.